The van der Waals surface area contributed by atoms with Crippen LogP contribution in [0.25, 0.3) is 0 Å². The summed E-state index contributed by atoms with van der Waals surface area (Å²) in [5, 5.41) is 2.87. The summed E-state index contributed by atoms with van der Waals surface area (Å²) in [4.78, 5) is 23.0. The Morgan fingerprint density at radius 1 is 1.08 bits per heavy atom. The molecule has 0 radical (unpaired) electrons. The molecule has 0 aromatic carbocycles. The Morgan fingerprint density at radius 3 is 2.46 bits per heavy atom. The van der Waals surface area contributed by atoms with Crippen LogP contribution in [-0.2, 0) is 11.3 Å². The number of carbonyl (C=O) groups excluding carboxylic acids is 1. The fraction of sp³-hybridized carbons (Fsp3) is 0.421. The Hall–Kier alpha value is -2.67. The molecule has 0 saturated heterocycles. The average molecular weight is 358 g/mol. The summed E-state index contributed by atoms with van der Waals surface area (Å²) in [6.07, 6.45) is 3.29. The van der Waals surface area contributed by atoms with Crippen LogP contribution in [0.15, 0.2) is 36.7 Å². The Bertz CT molecular complexity index is 670. The summed E-state index contributed by atoms with van der Waals surface area (Å²) < 4.78 is 10.3. The van der Waals surface area contributed by atoms with Crippen LogP contribution >= 0.6 is 0 Å². The van der Waals surface area contributed by atoms with Gasteiger partial charge >= 0.3 is 0 Å². The second-order valence-corrected chi connectivity index (χ2v) is 5.61. The van der Waals surface area contributed by atoms with E-state index in [0.29, 0.717) is 31.2 Å². The Balaban J connectivity index is 1.86. The molecule has 1 amide bonds. The summed E-state index contributed by atoms with van der Waals surface area (Å²) in [5.74, 6) is 1.25. The maximum absolute atomic E-state index is 12.3. The van der Waals surface area contributed by atoms with Crippen molar-refractivity contribution in [3.05, 3.63) is 47.8 Å². The minimum Gasteiger partial charge on any atom is -0.475 e. The van der Waals surface area contributed by atoms with Crippen LogP contribution in [0.3, 0.4) is 0 Å². The SMILES string of the molecule is CCN(CC)c1ccc(C(=O)NCc2ccc(OCCOC)nc2)cn1. The number of rotatable bonds is 10. The lowest BCUT2D eigenvalue weighted by atomic mass is 10.2. The molecule has 0 aliphatic carbocycles. The first-order chi connectivity index (χ1) is 12.7. The third kappa shape index (κ3) is 5.70. The smallest absolute Gasteiger partial charge is 0.253 e. The minimum atomic E-state index is -0.163. The van der Waals surface area contributed by atoms with Crippen LogP contribution in [0.1, 0.15) is 29.8 Å². The maximum atomic E-state index is 12.3. The van der Waals surface area contributed by atoms with E-state index in [1.807, 2.05) is 12.1 Å². The van der Waals surface area contributed by atoms with Crippen LogP contribution in [0.4, 0.5) is 5.82 Å². The van der Waals surface area contributed by atoms with Gasteiger partial charge in [0.15, 0.2) is 0 Å². The number of methoxy groups -OCH3 is 1. The average Bonchev–Trinajstić information content (AvgIpc) is 2.69. The van der Waals surface area contributed by atoms with Gasteiger partial charge in [-0.1, -0.05) is 6.07 Å². The van der Waals surface area contributed by atoms with E-state index in [9.17, 15) is 4.79 Å². The summed E-state index contributed by atoms with van der Waals surface area (Å²) in [6.45, 7) is 7.28. The molecular formula is C19H26N4O3. The molecule has 0 spiro atoms. The summed E-state index contributed by atoms with van der Waals surface area (Å²) in [5.41, 5.74) is 1.43. The number of nitrogens with one attached hydrogen (secondary N) is 1. The van der Waals surface area contributed by atoms with Gasteiger partial charge in [-0.05, 0) is 31.5 Å². The van der Waals surface area contributed by atoms with Crippen LogP contribution in [0.5, 0.6) is 5.88 Å². The van der Waals surface area contributed by atoms with Crippen LogP contribution < -0.4 is 15.0 Å². The maximum Gasteiger partial charge on any atom is 0.253 e. The normalized spacial score (nSPS) is 10.4. The molecule has 0 aliphatic heterocycles. The lowest BCUT2D eigenvalue weighted by molar-refractivity contribution is 0.0950. The van der Waals surface area contributed by atoms with Gasteiger partial charge in [0, 0.05) is 45.2 Å². The minimum absolute atomic E-state index is 0.163. The van der Waals surface area contributed by atoms with Crippen LogP contribution in [0, 0.1) is 0 Å². The molecule has 7 nitrogen and oxygen atoms in total. The predicted octanol–water partition coefficient (Wildman–Crippen LogP) is 2.28. The lowest BCUT2D eigenvalue weighted by Gasteiger charge is -2.19. The molecule has 140 valence electrons. The van der Waals surface area contributed by atoms with Crippen LogP contribution in [-0.4, -0.2) is 49.3 Å². The molecule has 0 saturated carbocycles. The highest BCUT2D eigenvalue weighted by molar-refractivity contribution is 5.94. The number of anilines is 1. The highest BCUT2D eigenvalue weighted by atomic mass is 16.5. The van der Waals surface area contributed by atoms with Gasteiger partial charge in [-0.3, -0.25) is 4.79 Å². The van der Waals surface area contributed by atoms with Gasteiger partial charge < -0.3 is 19.7 Å². The first kappa shape index (κ1) is 19.7. The van der Waals surface area contributed by atoms with Gasteiger partial charge in [0.1, 0.15) is 12.4 Å². The van der Waals surface area contributed by atoms with E-state index >= 15 is 0 Å². The molecule has 2 heterocycles. The van der Waals surface area contributed by atoms with Crippen molar-refractivity contribution in [3.63, 3.8) is 0 Å². The Labute approximate surface area is 154 Å². The van der Waals surface area contributed by atoms with Crippen molar-refractivity contribution in [3.8, 4) is 5.88 Å². The van der Waals surface area contributed by atoms with Gasteiger partial charge in [0.25, 0.3) is 5.91 Å². The van der Waals surface area contributed by atoms with E-state index in [4.69, 9.17) is 9.47 Å². The molecule has 2 aromatic rings. The fourth-order valence-corrected chi connectivity index (χ4v) is 2.37. The molecule has 0 unspecified atom stereocenters. The molecule has 0 bridgehead atoms. The van der Waals surface area contributed by atoms with E-state index in [-0.39, 0.29) is 5.91 Å². The van der Waals surface area contributed by atoms with Crippen molar-refractivity contribution in [2.75, 3.05) is 38.3 Å². The van der Waals surface area contributed by atoms with E-state index in [2.05, 4.69) is 34.0 Å². The number of hydrogen-bond acceptors (Lipinski definition) is 6. The predicted molar refractivity (Wildman–Crippen MR) is 101 cm³/mol. The number of pyridine rings is 2. The Kier molecular flexibility index (Phi) is 7.82. The van der Waals surface area contributed by atoms with E-state index in [1.165, 1.54) is 0 Å². The van der Waals surface area contributed by atoms with Crippen molar-refractivity contribution in [2.45, 2.75) is 20.4 Å². The number of hydrogen-bond donors (Lipinski definition) is 1. The van der Waals surface area contributed by atoms with Crippen molar-refractivity contribution < 1.29 is 14.3 Å². The lowest BCUT2D eigenvalue weighted by Crippen LogP contribution is -2.25. The monoisotopic (exact) mass is 358 g/mol. The van der Waals surface area contributed by atoms with Crippen molar-refractivity contribution in [1.82, 2.24) is 15.3 Å². The summed E-state index contributed by atoms with van der Waals surface area (Å²) >= 11 is 0. The highest BCUT2D eigenvalue weighted by Gasteiger charge is 2.08. The van der Waals surface area contributed by atoms with Gasteiger partial charge in [-0.2, -0.15) is 0 Å². The molecular weight excluding hydrogens is 332 g/mol. The second-order valence-electron chi connectivity index (χ2n) is 5.61. The molecule has 0 aliphatic rings. The Morgan fingerprint density at radius 2 is 1.88 bits per heavy atom. The molecule has 0 atom stereocenters. The molecule has 2 rings (SSSR count). The zero-order valence-corrected chi connectivity index (χ0v) is 15.6. The van der Waals surface area contributed by atoms with E-state index < -0.39 is 0 Å². The summed E-state index contributed by atoms with van der Waals surface area (Å²) in [6, 6.07) is 7.31. The molecule has 26 heavy (non-hydrogen) atoms. The fourth-order valence-electron chi connectivity index (χ4n) is 2.37. The number of nitrogens with zero attached hydrogens (tertiary/aromatic N) is 3. The first-order valence-corrected chi connectivity index (χ1v) is 8.73. The first-order valence-electron chi connectivity index (χ1n) is 8.73. The number of carbonyl (C=O) groups is 1. The highest BCUT2D eigenvalue weighted by Crippen LogP contribution is 2.11. The largest absolute Gasteiger partial charge is 0.475 e. The van der Waals surface area contributed by atoms with Crippen molar-refractivity contribution in [2.24, 2.45) is 0 Å². The van der Waals surface area contributed by atoms with E-state index in [1.54, 1.807) is 31.6 Å². The van der Waals surface area contributed by atoms with Gasteiger partial charge in [0.05, 0.1) is 12.2 Å². The zero-order valence-electron chi connectivity index (χ0n) is 15.6. The molecule has 0 fully saturated rings. The van der Waals surface area contributed by atoms with Gasteiger partial charge in [-0.25, -0.2) is 9.97 Å². The third-order valence-corrected chi connectivity index (χ3v) is 3.89. The number of aromatic nitrogens is 2. The number of amides is 1. The van der Waals surface area contributed by atoms with Crippen molar-refractivity contribution in [1.29, 1.82) is 0 Å². The van der Waals surface area contributed by atoms with Crippen LogP contribution in [0.2, 0.25) is 0 Å². The standard InChI is InChI=1S/C19H26N4O3/c1-4-23(5-2)17-8-7-16(14-20-17)19(24)22-13-15-6-9-18(21-12-15)26-11-10-25-3/h6-9,12,14H,4-5,10-11,13H2,1-3H3,(H,22,24). The summed E-state index contributed by atoms with van der Waals surface area (Å²) in [7, 11) is 1.62. The molecule has 2 aromatic heterocycles. The quantitative estimate of drug-likeness (QED) is 0.657. The zero-order chi connectivity index (χ0) is 18.8. The molecule has 1 N–H and O–H groups in total. The number of ether oxygens (including phenoxy) is 2. The van der Waals surface area contributed by atoms with Gasteiger partial charge in [0.2, 0.25) is 5.88 Å². The van der Waals surface area contributed by atoms with Crippen molar-refractivity contribution >= 4 is 11.7 Å². The van der Waals surface area contributed by atoms with E-state index in [0.717, 1.165) is 24.5 Å². The third-order valence-electron chi connectivity index (χ3n) is 3.89. The second kappa shape index (κ2) is 10.4. The molecule has 7 heteroatoms. The van der Waals surface area contributed by atoms with Gasteiger partial charge in [-0.15, -0.1) is 0 Å². The topological polar surface area (TPSA) is 76.6 Å².